The molecule has 6 heteroatoms. The lowest BCUT2D eigenvalue weighted by atomic mass is 10.2. The van der Waals surface area contributed by atoms with Crippen molar-refractivity contribution in [2.75, 3.05) is 11.5 Å². The summed E-state index contributed by atoms with van der Waals surface area (Å²) >= 11 is 0. The van der Waals surface area contributed by atoms with Crippen LogP contribution in [0.4, 0.5) is 0 Å². The van der Waals surface area contributed by atoms with E-state index in [9.17, 15) is 13.5 Å². The average molecular weight is 294 g/mol. The minimum atomic E-state index is -3.17. The molecule has 3 rings (SSSR count). The number of aliphatic hydroxyl groups is 1. The van der Waals surface area contributed by atoms with Gasteiger partial charge in [-0.15, -0.1) is 0 Å². The normalized spacial score (nSPS) is 25.3. The van der Waals surface area contributed by atoms with Gasteiger partial charge in [0.1, 0.15) is 5.82 Å². The van der Waals surface area contributed by atoms with Gasteiger partial charge < -0.3 is 9.67 Å². The monoisotopic (exact) mass is 294 g/mol. The van der Waals surface area contributed by atoms with Gasteiger partial charge in [-0.25, -0.2) is 13.4 Å². The molecule has 0 amide bonds. The number of aryl methyl sites for hydroxylation is 1. The van der Waals surface area contributed by atoms with E-state index in [0.29, 0.717) is 0 Å². The molecule has 108 valence electrons. The van der Waals surface area contributed by atoms with Gasteiger partial charge in [0.25, 0.3) is 0 Å². The van der Waals surface area contributed by atoms with Crippen LogP contribution in [0.1, 0.15) is 25.2 Å². The Balaban J connectivity index is 2.16. The lowest BCUT2D eigenvalue weighted by Gasteiger charge is -2.18. The largest absolute Gasteiger partial charge is 0.390 e. The first-order valence-electron chi connectivity index (χ1n) is 6.86. The number of hydrogen-bond donors (Lipinski definition) is 1. The summed E-state index contributed by atoms with van der Waals surface area (Å²) in [5.74, 6) is 0.691. The van der Waals surface area contributed by atoms with Gasteiger partial charge in [-0.2, -0.15) is 0 Å². The van der Waals surface area contributed by atoms with Gasteiger partial charge in [0.15, 0.2) is 9.84 Å². The summed E-state index contributed by atoms with van der Waals surface area (Å²) < 4.78 is 25.4. The molecule has 1 aliphatic rings. The quantitative estimate of drug-likeness (QED) is 0.926. The molecule has 0 bridgehead atoms. The molecule has 2 heterocycles. The Bertz CT molecular complexity index is 736. The maximum Gasteiger partial charge on any atom is 0.155 e. The van der Waals surface area contributed by atoms with E-state index in [1.165, 1.54) is 0 Å². The van der Waals surface area contributed by atoms with E-state index < -0.39 is 22.0 Å². The van der Waals surface area contributed by atoms with Crippen LogP contribution in [0.5, 0.6) is 0 Å². The highest BCUT2D eigenvalue weighted by atomic mass is 32.2. The molecule has 20 heavy (non-hydrogen) atoms. The van der Waals surface area contributed by atoms with Gasteiger partial charge in [0.05, 0.1) is 34.7 Å². The summed E-state index contributed by atoms with van der Waals surface area (Å²) in [4.78, 5) is 4.59. The van der Waals surface area contributed by atoms with Crippen LogP contribution in [0.25, 0.3) is 11.0 Å². The number of rotatable bonds is 3. The van der Waals surface area contributed by atoms with Crippen LogP contribution >= 0.6 is 0 Å². The second-order valence-electron chi connectivity index (χ2n) is 5.35. The molecule has 1 N–H and O–H groups in total. The summed E-state index contributed by atoms with van der Waals surface area (Å²) in [6, 6.07) is 7.25. The third-order valence-electron chi connectivity index (χ3n) is 3.77. The third kappa shape index (κ3) is 2.23. The zero-order valence-corrected chi connectivity index (χ0v) is 12.2. The number of benzene rings is 1. The van der Waals surface area contributed by atoms with Crippen molar-refractivity contribution in [3.05, 3.63) is 30.1 Å². The summed E-state index contributed by atoms with van der Waals surface area (Å²) in [5.41, 5.74) is 1.75. The van der Waals surface area contributed by atoms with E-state index in [0.717, 1.165) is 29.7 Å². The zero-order chi connectivity index (χ0) is 14.3. The summed E-state index contributed by atoms with van der Waals surface area (Å²) in [7, 11) is -3.17. The van der Waals surface area contributed by atoms with E-state index in [4.69, 9.17) is 0 Å². The van der Waals surface area contributed by atoms with Crippen LogP contribution in [0.2, 0.25) is 0 Å². The molecule has 1 fully saturated rings. The molecular formula is C14H18N2O3S. The molecule has 1 aromatic carbocycles. The molecule has 1 saturated heterocycles. The molecule has 2 aromatic rings. The van der Waals surface area contributed by atoms with Crippen molar-refractivity contribution in [2.24, 2.45) is 0 Å². The van der Waals surface area contributed by atoms with Gasteiger partial charge in [-0.05, 0) is 18.6 Å². The van der Waals surface area contributed by atoms with Gasteiger partial charge >= 0.3 is 0 Å². The van der Waals surface area contributed by atoms with E-state index in [1.54, 1.807) is 0 Å². The Labute approximate surface area is 118 Å². The van der Waals surface area contributed by atoms with E-state index in [-0.39, 0.29) is 11.5 Å². The van der Waals surface area contributed by atoms with Crippen LogP contribution < -0.4 is 0 Å². The second-order valence-corrected chi connectivity index (χ2v) is 7.50. The lowest BCUT2D eigenvalue weighted by molar-refractivity contribution is 0.153. The van der Waals surface area contributed by atoms with Gasteiger partial charge in [-0.3, -0.25) is 0 Å². The minimum Gasteiger partial charge on any atom is -0.390 e. The Morgan fingerprint density at radius 1 is 1.35 bits per heavy atom. The highest BCUT2D eigenvalue weighted by Crippen LogP contribution is 2.30. The van der Waals surface area contributed by atoms with Crippen molar-refractivity contribution in [3.8, 4) is 0 Å². The fraction of sp³-hybridized carbons (Fsp3) is 0.500. The minimum absolute atomic E-state index is 0.00870. The summed E-state index contributed by atoms with van der Waals surface area (Å²) in [5, 5.41) is 10.1. The Morgan fingerprint density at radius 3 is 2.75 bits per heavy atom. The second kappa shape index (κ2) is 4.86. The van der Waals surface area contributed by atoms with Crippen LogP contribution in [0, 0.1) is 0 Å². The molecule has 1 aliphatic heterocycles. The number of para-hydroxylation sites is 2. The van der Waals surface area contributed by atoms with Crippen LogP contribution in [0.3, 0.4) is 0 Å². The van der Waals surface area contributed by atoms with Crippen molar-refractivity contribution < 1.29 is 13.5 Å². The lowest BCUT2D eigenvalue weighted by Crippen LogP contribution is -2.23. The zero-order valence-electron chi connectivity index (χ0n) is 11.4. The Morgan fingerprint density at radius 2 is 2.10 bits per heavy atom. The number of sulfone groups is 1. The molecule has 2 unspecified atom stereocenters. The first-order valence-corrected chi connectivity index (χ1v) is 8.68. The molecule has 0 spiro atoms. The number of fused-ring (bicyclic) bond motifs is 1. The van der Waals surface area contributed by atoms with Gasteiger partial charge in [0, 0.05) is 6.42 Å². The fourth-order valence-corrected chi connectivity index (χ4v) is 4.69. The Kier molecular flexibility index (Phi) is 3.30. The number of nitrogens with zero attached hydrogens (tertiary/aromatic N) is 2. The number of hydrogen-bond acceptors (Lipinski definition) is 4. The maximum absolute atomic E-state index is 11.8. The summed E-state index contributed by atoms with van der Waals surface area (Å²) in [6.45, 7) is 2.06. The third-order valence-corrected chi connectivity index (χ3v) is 5.47. The number of aliphatic hydroxyl groups excluding tert-OH is 1. The first kappa shape index (κ1) is 13.6. The molecule has 0 radical (unpaired) electrons. The summed E-state index contributed by atoms with van der Waals surface area (Å²) in [6.07, 6.45) is 0.852. The SMILES string of the molecule is CCCc1nc2ccccc2n1C1CS(=O)(=O)CC1O. The van der Waals surface area contributed by atoms with Crippen molar-refractivity contribution in [1.82, 2.24) is 9.55 Å². The molecule has 5 nitrogen and oxygen atoms in total. The predicted octanol–water partition coefficient (Wildman–Crippen LogP) is 1.32. The van der Waals surface area contributed by atoms with Gasteiger partial charge in [0.2, 0.25) is 0 Å². The fourth-order valence-electron chi connectivity index (χ4n) is 2.92. The highest BCUT2D eigenvalue weighted by Gasteiger charge is 2.39. The number of aromatic nitrogens is 2. The maximum atomic E-state index is 11.8. The molecule has 1 aromatic heterocycles. The van der Waals surface area contributed by atoms with Crippen molar-refractivity contribution in [2.45, 2.75) is 31.9 Å². The molecular weight excluding hydrogens is 276 g/mol. The van der Waals surface area contributed by atoms with Crippen LogP contribution in [-0.2, 0) is 16.3 Å². The average Bonchev–Trinajstić information content (AvgIpc) is 2.86. The van der Waals surface area contributed by atoms with E-state index in [1.807, 2.05) is 28.8 Å². The smallest absolute Gasteiger partial charge is 0.155 e. The van der Waals surface area contributed by atoms with Crippen LogP contribution in [0.15, 0.2) is 24.3 Å². The predicted molar refractivity (Wildman–Crippen MR) is 77.4 cm³/mol. The Hall–Kier alpha value is -1.40. The molecule has 0 aliphatic carbocycles. The standard InChI is InChI=1S/C14H18N2O3S/c1-2-5-14-15-10-6-3-4-7-11(10)16(14)12-8-20(18,19)9-13(12)17/h3-4,6-7,12-13,17H,2,5,8-9H2,1H3. The first-order chi connectivity index (χ1) is 9.52. The van der Waals surface area contributed by atoms with E-state index in [2.05, 4.69) is 11.9 Å². The van der Waals surface area contributed by atoms with Crippen molar-refractivity contribution in [1.29, 1.82) is 0 Å². The topological polar surface area (TPSA) is 72.2 Å². The van der Waals surface area contributed by atoms with Crippen molar-refractivity contribution >= 4 is 20.9 Å². The highest BCUT2D eigenvalue weighted by molar-refractivity contribution is 7.91. The van der Waals surface area contributed by atoms with Gasteiger partial charge in [-0.1, -0.05) is 19.1 Å². The van der Waals surface area contributed by atoms with Crippen LogP contribution in [-0.4, -0.2) is 40.7 Å². The number of imidazole rings is 1. The molecule has 2 atom stereocenters. The van der Waals surface area contributed by atoms with Crippen molar-refractivity contribution in [3.63, 3.8) is 0 Å². The van der Waals surface area contributed by atoms with E-state index >= 15 is 0 Å². The molecule has 0 saturated carbocycles.